The molecule has 1 unspecified atom stereocenters. The Labute approximate surface area is 76.1 Å². The maximum atomic E-state index is 5.62. The molecule has 1 aromatic rings. The lowest BCUT2D eigenvalue weighted by Crippen LogP contribution is -2.14. The highest BCUT2D eigenvalue weighted by Gasteiger charge is 2.17. The largest absolute Gasteiger partial charge is 0.309 e. The molecule has 0 bridgehead atoms. The van der Waals surface area contributed by atoms with Crippen LogP contribution in [0.5, 0.6) is 0 Å². The SMILES string of the molecule is Clc1ccc(C2CCCN2)nn1. The molecule has 2 rings (SSSR count). The molecule has 1 fully saturated rings. The Morgan fingerprint density at radius 2 is 2.33 bits per heavy atom. The molecule has 2 heterocycles. The van der Waals surface area contributed by atoms with E-state index < -0.39 is 0 Å². The van der Waals surface area contributed by atoms with Gasteiger partial charge >= 0.3 is 0 Å². The summed E-state index contributed by atoms with van der Waals surface area (Å²) >= 11 is 5.62. The zero-order valence-corrected chi connectivity index (χ0v) is 7.38. The molecule has 64 valence electrons. The molecule has 0 aliphatic carbocycles. The number of nitrogens with one attached hydrogen (secondary N) is 1. The number of halogens is 1. The summed E-state index contributed by atoms with van der Waals surface area (Å²) in [4.78, 5) is 0. The highest BCUT2D eigenvalue weighted by molar-refractivity contribution is 6.29. The van der Waals surface area contributed by atoms with E-state index in [4.69, 9.17) is 11.6 Å². The molecule has 1 saturated heterocycles. The Morgan fingerprint density at radius 1 is 1.42 bits per heavy atom. The van der Waals surface area contributed by atoms with Gasteiger partial charge in [0.05, 0.1) is 11.7 Å². The van der Waals surface area contributed by atoms with Gasteiger partial charge in [0.15, 0.2) is 5.15 Å². The zero-order chi connectivity index (χ0) is 8.39. The van der Waals surface area contributed by atoms with E-state index in [1.807, 2.05) is 6.07 Å². The molecule has 0 radical (unpaired) electrons. The summed E-state index contributed by atoms with van der Waals surface area (Å²) in [5.41, 5.74) is 0.997. The van der Waals surface area contributed by atoms with Gasteiger partial charge in [-0.3, -0.25) is 0 Å². The van der Waals surface area contributed by atoms with Crippen molar-refractivity contribution < 1.29 is 0 Å². The van der Waals surface area contributed by atoms with Crippen LogP contribution in [0.2, 0.25) is 5.15 Å². The predicted molar refractivity (Wildman–Crippen MR) is 47.0 cm³/mol. The van der Waals surface area contributed by atoms with Crippen molar-refractivity contribution in [2.24, 2.45) is 0 Å². The molecule has 12 heavy (non-hydrogen) atoms. The van der Waals surface area contributed by atoms with Crippen LogP contribution in [-0.2, 0) is 0 Å². The van der Waals surface area contributed by atoms with Crippen molar-refractivity contribution in [2.75, 3.05) is 6.54 Å². The van der Waals surface area contributed by atoms with Gasteiger partial charge in [0.1, 0.15) is 0 Å². The third-order valence-electron chi connectivity index (χ3n) is 2.07. The lowest BCUT2D eigenvalue weighted by Gasteiger charge is -2.07. The van der Waals surface area contributed by atoms with Crippen molar-refractivity contribution in [1.29, 1.82) is 0 Å². The minimum Gasteiger partial charge on any atom is -0.309 e. The normalized spacial score (nSPS) is 22.9. The smallest absolute Gasteiger partial charge is 0.151 e. The third-order valence-corrected chi connectivity index (χ3v) is 2.27. The van der Waals surface area contributed by atoms with Crippen molar-refractivity contribution in [2.45, 2.75) is 18.9 Å². The summed E-state index contributed by atoms with van der Waals surface area (Å²) in [5.74, 6) is 0. The van der Waals surface area contributed by atoms with Gasteiger partial charge in [-0.2, -0.15) is 5.10 Å². The number of hydrogen-bond acceptors (Lipinski definition) is 3. The van der Waals surface area contributed by atoms with Crippen LogP contribution in [-0.4, -0.2) is 16.7 Å². The molecule has 4 heteroatoms. The Balaban J connectivity index is 2.17. The average Bonchev–Trinajstić information content (AvgIpc) is 2.58. The highest BCUT2D eigenvalue weighted by atomic mass is 35.5. The van der Waals surface area contributed by atoms with Crippen molar-refractivity contribution in [3.05, 3.63) is 23.0 Å². The molecular formula is C8H10ClN3. The molecule has 0 aromatic carbocycles. The van der Waals surface area contributed by atoms with E-state index in [1.165, 1.54) is 6.42 Å². The summed E-state index contributed by atoms with van der Waals surface area (Å²) < 4.78 is 0. The fourth-order valence-corrected chi connectivity index (χ4v) is 1.55. The number of aromatic nitrogens is 2. The molecule has 0 amide bonds. The van der Waals surface area contributed by atoms with Crippen LogP contribution in [0.15, 0.2) is 12.1 Å². The van der Waals surface area contributed by atoms with E-state index in [9.17, 15) is 0 Å². The van der Waals surface area contributed by atoms with E-state index in [0.29, 0.717) is 11.2 Å². The Kier molecular flexibility index (Phi) is 2.23. The van der Waals surface area contributed by atoms with Crippen molar-refractivity contribution in [3.8, 4) is 0 Å². The second-order valence-corrected chi connectivity index (χ2v) is 3.32. The lowest BCUT2D eigenvalue weighted by atomic mass is 10.1. The third kappa shape index (κ3) is 1.57. The summed E-state index contributed by atoms with van der Waals surface area (Å²) in [6.45, 7) is 1.08. The first-order chi connectivity index (χ1) is 5.86. The minimum absolute atomic E-state index is 0.384. The minimum atomic E-state index is 0.384. The molecule has 1 aromatic heterocycles. The molecule has 0 saturated carbocycles. The molecule has 3 nitrogen and oxygen atoms in total. The Morgan fingerprint density at radius 3 is 2.92 bits per heavy atom. The van der Waals surface area contributed by atoms with Crippen LogP contribution in [0.25, 0.3) is 0 Å². The number of rotatable bonds is 1. The van der Waals surface area contributed by atoms with Gasteiger partial charge in [-0.1, -0.05) is 11.6 Å². The van der Waals surface area contributed by atoms with Gasteiger partial charge in [-0.25, -0.2) is 0 Å². The van der Waals surface area contributed by atoms with Gasteiger partial charge in [0.25, 0.3) is 0 Å². The zero-order valence-electron chi connectivity index (χ0n) is 6.63. The summed E-state index contributed by atoms with van der Waals surface area (Å²) in [6.07, 6.45) is 2.37. The van der Waals surface area contributed by atoms with Gasteiger partial charge in [-0.15, -0.1) is 5.10 Å². The van der Waals surface area contributed by atoms with Crippen LogP contribution in [0.3, 0.4) is 0 Å². The molecule has 1 aliphatic heterocycles. The van der Waals surface area contributed by atoms with E-state index in [1.54, 1.807) is 6.07 Å². The predicted octanol–water partition coefficient (Wildman–Crippen LogP) is 1.55. The molecule has 1 aliphatic rings. The quantitative estimate of drug-likeness (QED) is 0.718. The van der Waals surface area contributed by atoms with Crippen molar-refractivity contribution in [1.82, 2.24) is 15.5 Å². The molecule has 1 N–H and O–H groups in total. The monoisotopic (exact) mass is 183 g/mol. The summed E-state index contributed by atoms with van der Waals surface area (Å²) in [7, 11) is 0. The second kappa shape index (κ2) is 3.37. The van der Waals surface area contributed by atoms with Crippen LogP contribution in [0.1, 0.15) is 24.6 Å². The van der Waals surface area contributed by atoms with E-state index in [2.05, 4.69) is 15.5 Å². The van der Waals surface area contributed by atoms with Crippen molar-refractivity contribution >= 4 is 11.6 Å². The average molecular weight is 184 g/mol. The van der Waals surface area contributed by atoms with Gasteiger partial charge in [-0.05, 0) is 31.5 Å². The molecule has 0 spiro atoms. The second-order valence-electron chi connectivity index (χ2n) is 2.93. The summed E-state index contributed by atoms with van der Waals surface area (Å²) in [6, 6.07) is 4.09. The highest BCUT2D eigenvalue weighted by Crippen LogP contribution is 2.20. The topological polar surface area (TPSA) is 37.8 Å². The maximum absolute atomic E-state index is 5.62. The van der Waals surface area contributed by atoms with E-state index >= 15 is 0 Å². The first-order valence-corrected chi connectivity index (χ1v) is 4.46. The fraction of sp³-hybridized carbons (Fsp3) is 0.500. The van der Waals surface area contributed by atoms with Crippen LogP contribution >= 0.6 is 11.6 Å². The van der Waals surface area contributed by atoms with Crippen LogP contribution < -0.4 is 5.32 Å². The number of hydrogen-bond donors (Lipinski definition) is 1. The fourth-order valence-electron chi connectivity index (χ4n) is 1.45. The van der Waals surface area contributed by atoms with Gasteiger partial charge < -0.3 is 5.32 Å². The first-order valence-electron chi connectivity index (χ1n) is 4.09. The van der Waals surface area contributed by atoms with E-state index in [-0.39, 0.29) is 0 Å². The Hall–Kier alpha value is -0.670. The van der Waals surface area contributed by atoms with Crippen molar-refractivity contribution in [3.63, 3.8) is 0 Å². The Bertz CT molecular complexity index is 254. The molecule has 1 atom stereocenters. The first kappa shape index (κ1) is 7.95. The number of nitrogens with zero attached hydrogens (tertiary/aromatic N) is 2. The lowest BCUT2D eigenvalue weighted by molar-refractivity contribution is 0.616. The van der Waals surface area contributed by atoms with E-state index in [0.717, 1.165) is 18.7 Å². The standard InChI is InChI=1S/C8H10ClN3/c9-8-4-3-7(11-12-8)6-2-1-5-10-6/h3-4,6,10H,1-2,5H2. The molecular weight excluding hydrogens is 174 g/mol. The van der Waals surface area contributed by atoms with Gasteiger partial charge in [0, 0.05) is 0 Å². The summed E-state index contributed by atoms with van der Waals surface area (Å²) in [5, 5.41) is 11.6. The maximum Gasteiger partial charge on any atom is 0.151 e. The van der Waals surface area contributed by atoms with Crippen LogP contribution in [0.4, 0.5) is 0 Å². The van der Waals surface area contributed by atoms with Gasteiger partial charge in [0.2, 0.25) is 0 Å². The van der Waals surface area contributed by atoms with Crippen LogP contribution in [0, 0.1) is 0 Å².